The van der Waals surface area contributed by atoms with Crippen molar-refractivity contribution in [2.75, 3.05) is 18.6 Å². The molecule has 0 aromatic carbocycles. The molecule has 11 nitrogen and oxygen atoms in total. The normalized spacial score (nSPS) is 26.3. The molecule has 0 saturated carbocycles. The van der Waals surface area contributed by atoms with E-state index >= 15 is 0 Å². The second-order valence-corrected chi connectivity index (χ2v) is 10.1. The van der Waals surface area contributed by atoms with Crippen LogP contribution in [0, 0.1) is 0 Å². The molecule has 3 aliphatic rings. The van der Waals surface area contributed by atoms with E-state index in [1.54, 1.807) is 5.38 Å². The van der Waals surface area contributed by atoms with E-state index in [4.69, 9.17) is 15.3 Å². The molecule has 2 saturated heterocycles. The summed E-state index contributed by atoms with van der Waals surface area (Å²) < 4.78 is 6.00. The molecular weight excluding hydrogens is 481 g/mol. The second kappa shape index (κ2) is 9.92. The number of β-lactam (4-membered cyclic amide) rings is 1. The van der Waals surface area contributed by atoms with E-state index in [9.17, 15) is 19.5 Å². The average Bonchev–Trinajstić information content (AvgIpc) is 3.33. The number of anilines is 1. The molecule has 1 aromatic rings. The van der Waals surface area contributed by atoms with Crippen molar-refractivity contribution in [1.82, 2.24) is 15.2 Å². The van der Waals surface area contributed by atoms with Gasteiger partial charge in [0.1, 0.15) is 24.2 Å². The number of hydrogen-bond acceptors (Lipinski definition) is 11. The quantitative estimate of drug-likeness (QED) is 0.173. The maximum Gasteiger partial charge on any atom is 1.00 e. The molecule has 0 radical (unpaired) electrons. The van der Waals surface area contributed by atoms with Gasteiger partial charge in [0.05, 0.1) is 23.4 Å². The minimum absolute atomic E-state index is 0. The van der Waals surface area contributed by atoms with Gasteiger partial charge in [-0.1, -0.05) is 5.16 Å². The Balaban J connectivity index is 0.00000306. The van der Waals surface area contributed by atoms with Gasteiger partial charge in [-0.25, -0.2) is 4.98 Å². The maximum absolute atomic E-state index is 12.9. The zero-order chi connectivity index (χ0) is 23.2. The van der Waals surface area contributed by atoms with Crippen LogP contribution < -0.4 is 45.7 Å². The zero-order valence-corrected chi connectivity index (χ0v) is 22.2. The standard InChI is InChI=1S/C19H23N5O6S2.Na/c1-19(2)5-4-10(30-19)8-6-31-16-12(15(26)24(16)13(8)17(27)28)22-14(25)11(23-29-3)9-7-32-18(20)21-9;/h7,10,12,16H,4-6H2,1-3H3,(H2,20,21)(H,22,25)(H,27,28);/q;+1/p-1/b23-11-;/t10-,12+,16+;/m0./s1. The number of carboxylic acids is 1. The van der Waals surface area contributed by atoms with E-state index in [-0.39, 0.29) is 63.5 Å². The summed E-state index contributed by atoms with van der Waals surface area (Å²) in [6.45, 7) is 3.89. The maximum atomic E-state index is 12.9. The van der Waals surface area contributed by atoms with Crippen LogP contribution in [-0.2, 0) is 24.0 Å². The molecule has 3 atom stereocenters. The van der Waals surface area contributed by atoms with Crippen LogP contribution in [0.3, 0.4) is 0 Å². The summed E-state index contributed by atoms with van der Waals surface area (Å²) in [5.74, 6) is -2.30. The molecule has 4 rings (SSSR count). The summed E-state index contributed by atoms with van der Waals surface area (Å²) in [7, 11) is 1.28. The third-order valence-electron chi connectivity index (χ3n) is 5.50. The summed E-state index contributed by atoms with van der Waals surface area (Å²) in [6, 6.07) is -0.928. The van der Waals surface area contributed by atoms with Crippen LogP contribution in [0.25, 0.3) is 0 Å². The van der Waals surface area contributed by atoms with Crippen LogP contribution in [0.5, 0.6) is 0 Å². The number of nitrogens with one attached hydrogen (secondary N) is 1. The fourth-order valence-corrected chi connectivity index (χ4v) is 5.96. The monoisotopic (exact) mass is 503 g/mol. The number of nitrogens with zero attached hydrogens (tertiary/aromatic N) is 3. The number of amides is 2. The van der Waals surface area contributed by atoms with Crippen molar-refractivity contribution in [2.24, 2.45) is 5.16 Å². The third kappa shape index (κ3) is 4.93. The summed E-state index contributed by atoms with van der Waals surface area (Å²) in [5.41, 5.74) is 5.72. The van der Waals surface area contributed by atoms with Gasteiger partial charge in [-0.15, -0.1) is 23.1 Å². The van der Waals surface area contributed by atoms with E-state index in [1.165, 1.54) is 23.8 Å². The number of rotatable bonds is 6. The minimum atomic E-state index is -1.43. The summed E-state index contributed by atoms with van der Waals surface area (Å²) in [5, 5.41) is 19.5. The first-order valence-electron chi connectivity index (χ1n) is 9.83. The van der Waals surface area contributed by atoms with Crippen molar-refractivity contribution in [3.8, 4) is 0 Å². The van der Waals surface area contributed by atoms with E-state index in [0.29, 0.717) is 17.7 Å². The number of nitrogens with two attached hydrogens (primary N) is 1. The number of fused-ring (bicyclic) bond motifs is 1. The topological polar surface area (TPSA) is 159 Å². The number of aliphatic carboxylic acids is 1. The molecular formula is C19H22N5NaO6S2. The van der Waals surface area contributed by atoms with Gasteiger partial charge in [-0.3, -0.25) is 14.5 Å². The fraction of sp³-hybridized carbons (Fsp3) is 0.526. The van der Waals surface area contributed by atoms with Crippen molar-refractivity contribution in [3.05, 3.63) is 22.3 Å². The zero-order valence-electron chi connectivity index (χ0n) is 18.6. The van der Waals surface area contributed by atoms with E-state index in [1.807, 2.05) is 13.8 Å². The van der Waals surface area contributed by atoms with Crippen molar-refractivity contribution in [1.29, 1.82) is 0 Å². The van der Waals surface area contributed by atoms with Gasteiger partial charge >= 0.3 is 29.6 Å². The molecule has 172 valence electrons. The van der Waals surface area contributed by atoms with Gasteiger partial charge in [-0.2, -0.15) is 0 Å². The third-order valence-corrected chi connectivity index (χ3v) is 7.47. The Morgan fingerprint density at radius 2 is 2.18 bits per heavy atom. The number of nitrogen functional groups attached to an aromatic ring is 1. The van der Waals surface area contributed by atoms with Crippen LogP contribution in [-0.4, -0.2) is 69.4 Å². The number of carboxylic acid groups (broad SMARTS) is 1. The fourth-order valence-electron chi connectivity index (χ4n) is 4.01. The summed E-state index contributed by atoms with van der Waals surface area (Å²) in [6.07, 6.45) is 1.06. The first-order chi connectivity index (χ1) is 15.1. The number of carbonyl (C=O) groups excluding carboxylic acids is 3. The van der Waals surface area contributed by atoms with Crippen molar-refractivity contribution >= 4 is 51.7 Å². The van der Waals surface area contributed by atoms with Gasteiger partial charge in [0.15, 0.2) is 10.8 Å². The Bertz CT molecular complexity index is 1040. The van der Waals surface area contributed by atoms with Crippen LogP contribution in [0.4, 0.5) is 5.13 Å². The number of hydrogen-bond donors (Lipinski definition) is 2. The predicted octanol–water partition coefficient (Wildman–Crippen LogP) is -3.56. The summed E-state index contributed by atoms with van der Waals surface area (Å²) >= 11 is 2.49. The number of oxime groups is 1. The Morgan fingerprint density at radius 1 is 1.45 bits per heavy atom. The molecule has 0 aliphatic carbocycles. The van der Waals surface area contributed by atoms with Crippen LogP contribution in [0.1, 0.15) is 32.4 Å². The summed E-state index contributed by atoms with van der Waals surface area (Å²) in [4.78, 5) is 47.6. The number of aromatic nitrogens is 1. The molecule has 0 spiro atoms. The van der Waals surface area contributed by atoms with Gasteiger partial charge in [-0.05, 0) is 32.3 Å². The van der Waals surface area contributed by atoms with Crippen LogP contribution in [0.15, 0.2) is 21.8 Å². The van der Waals surface area contributed by atoms with E-state index in [0.717, 1.165) is 17.8 Å². The molecule has 0 unspecified atom stereocenters. The van der Waals surface area contributed by atoms with Gasteiger partial charge < -0.3 is 30.5 Å². The Kier molecular flexibility index (Phi) is 7.81. The van der Waals surface area contributed by atoms with Crippen molar-refractivity contribution < 1.29 is 58.6 Å². The molecule has 4 heterocycles. The Hall–Kier alpha value is -1.64. The smallest absolute Gasteiger partial charge is 0.543 e. The first kappa shape index (κ1) is 26.0. The number of thiazole rings is 1. The largest absolute Gasteiger partial charge is 1.00 e. The van der Waals surface area contributed by atoms with Crippen molar-refractivity contribution in [2.45, 2.75) is 49.8 Å². The number of ether oxygens (including phenoxy) is 1. The van der Waals surface area contributed by atoms with Gasteiger partial charge in [0.2, 0.25) is 0 Å². The number of carbonyl (C=O) groups is 3. The van der Waals surface area contributed by atoms with Gasteiger partial charge in [0.25, 0.3) is 11.8 Å². The molecule has 3 N–H and O–H groups in total. The SMILES string of the molecule is CO/N=C(\C(=O)N[C@@H]1C(=O)N2C(C(=O)[O-])=C([C@@H]3CCC(C)(C)O3)CS[C@H]12)c1csc(N)n1.[Na+]. The van der Waals surface area contributed by atoms with Crippen molar-refractivity contribution in [3.63, 3.8) is 0 Å². The first-order valence-corrected chi connectivity index (χ1v) is 11.8. The molecule has 0 bridgehead atoms. The molecule has 33 heavy (non-hydrogen) atoms. The second-order valence-electron chi connectivity index (χ2n) is 8.12. The molecule has 1 aromatic heterocycles. The molecule has 3 aliphatic heterocycles. The Morgan fingerprint density at radius 3 is 2.73 bits per heavy atom. The van der Waals surface area contributed by atoms with Gasteiger partial charge in [0, 0.05) is 11.1 Å². The molecule has 14 heteroatoms. The average molecular weight is 504 g/mol. The van der Waals surface area contributed by atoms with E-state index in [2.05, 4.69) is 15.5 Å². The number of thioether (sulfide) groups is 1. The van der Waals surface area contributed by atoms with Crippen LogP contribution in [0.2, 0.25) is 0 Å². The van der Waals surface area contributed by atoms with Crippen LogP contribution >= 0.6 is 23.1 Å². The van der Waals surface area contributed by atoms with E-state index < -0.39 is 29.2 Å². The molecule has 2 fully saturated rings. The molecule has 2 amide bonds. The predicted molar refractivity (Wildman–Crippen MR) is 115 cm³/mol. The Labute approximate surface area is 220 Å². The minimum Gasteiger partial charge on any atom is -0.543 e.